The normalized spacial score (nSPS) is 18.6. The Bertz CT molecular complexity index is 822. The summed E-state index contributed by atoms with van der Waals surface area (Å²) in [5.74, 6) is -3.17. The summed E-state index contributed by atoms with van der Waals surface area (Å²) in [6.07, 6.45) is 1.41. The van der Waals surface area contributed by atoms with Crippen molar-refractivity contribution in [3.8, 4) is 5.75 Å². The van der Waals surface area contributed by atoms with Crippen LogP contribution in [0.4, 0.5) is 0 Å². The fraction of sp³-hybridized carbons (Fsp3) is 0.640. The van der Waals surface area contributed by atoms with Crippen molar-refractivity contribution in [3.63, 3.8) is 0 Å². The van der Waals surface area contributed by atoms with E-state index in [-0.39, 0.29) is 5.41 Å². The van der Waals surface area contributed by atoms with Crippen LogP contribution in [0.3, 0.4) is 0 Å². The molecule has 0 aromatic heterocycles. The lowest BCUT2D eigenvalue weighted by molar-refractivity contribution is -0.170. The number of nitrogens with zero attached hydrogens (tertiary/aromatic N) is 1. The van der Waals surface area contributed by atoms with Gasteiger partial charge in [0.25, 0.3) is 0 Å². The molecule has 9 heteroatoms. The van der Waals surface area contributed by atoms with Gasteiger partial charge in [-0.25, -0.2) is 4.79 Å². The van der Waals surface area contributed by atoms with E-state index in [9.17, 15) is 19.5 Å². The molecule has 2 rings (SSSR count). The fourth-order valence-electron chi connectivity index (χ4n) is 4.44. The molecule has 192 valence electrons. The van der Waals surface area contributed by atoms with Gasteiger partial charge in [0.05, 0.1) is 12.8 Å². The Morgan fingerprint density at radius 1 is 1.03 bits per heavy atom. The first-order chi connectivity index (χ1) is 15.7. The van der Waals surface area contributed by atoms with Crippen molar-refractivity contribution in [2.45, 2.75) is 70.8 Å². The Kier molecular flexibility index (Phi) is 11.0. The molecule has 0 spiro atoms. The summed E-state index contributed by atoms with van der Waals surface area (Å²) in [6, 6.07) is 7.95. The van der Waals surface area contributed by atoms with Gasteiger partial charge in [0.15, 0.2) is 5.60 Å². The van der Waals surface area contributed by atoms with Gasteiger partial charge in [-0.1, -0.05) is 39.8 Å². The molecule has 1 aliphatic rings. The SMILES string of the molecule is CC(C)CCN1CCC(CC(C)C)(c2cccc(O)c2)C1.O=C(O)CC(O)(CC(=O)O)C(=O)O. The van der Waals surface area contributed by atoms with Crippen LogP contribution in [0.15, 0.2) is 24.3 Å². The summed E-state index contributed by atoms with van der Waals surface area (Å²) >= 11 is 0. The number of aliphatic carboxylic acids is 3. The number of carboxylic acids is 3. The quantitative estimate of drug-likeness (QED) is 0.320. The molecule has 34 heavy (non-hydrogen) atoms. The predicted molar refractivity (Wildman–Crippen MR) is 127 cm³/mol. The maximum atomic E-state index is 10.3. The summed E-state index contributed by atoms with van der Waals surface area (Å²) in [6.45, 7) is 12.7. The lowest BCUT2D eigenvalue weighted by Crippen LogP contribution is -2.42. The summed E-state index contributed by atoms with van der Waals surface area (Å²) in [4.78, 5) is 33.1. The van der Waals surface area contributed by atoms with Crippen molar-refractivity contribution in [1.82, 2.24) is 4.90 Å². The minimum Gasteiger partial charge on any atom is -0.508 e. The summed E-state index contributed by atoms with van der Waals surface area (Å²) in [7, 11) is 0. The van der Waals surface area contributed by atoms with Crippen LogP contribution in [0.1, 0.15) is 65.4 Å². The zero-order chi connectivity index (χ0) is 26.1. The number of aromatic hydroxyl groups is 1. The summed E-state index contributed by atoms with van der Waals surface area (Å²) < 4.78 is 0. The number of phenolic OH excluding ortho intramolecular Hbond substituents is 1. The number of rotatable bonds is 11. The number of benzene rings is 1. The largest absolute Gasteiger partial charge is 0.508 e. The van der Waals surface area contributed by atoms with Gasteiger partial charge in [0.2, 0.25) is 0 Å². The smallest absolute Gasteiger partial charge is 0.336 e. The van der Waals surface area contributed by atoms with Crippen LogP contribution in [0.25, 0.3) is 0 Å². The first-order valence-electron chi connectivity index (χ1n) is 11.6. The van der Waals surface area contributed by atoms with E-state index in [2.05, 4.69) is 38.7 Å². The van der Waals surface area contributed by atoms with Gasteiger partial charge in [0.1, 0.15) is 5.75 Å². The maximum absolute atomic E-state index is 10.3. The van der Waals surface area contributed by atoms with Crippen molar-refractivity contribution in [3.05, 3.63) is 29.8 Å². The first kappa shape index (κ1) is 29.4. The molecule has 1 unspecified atom stereocenters. The molecule has 1 aliphatic heterocycles. The van der Waals surface area contributed by atoms with Gasteiger partial charge in [-0.2, -0.15) is 0 Å². The van der Waals surface area contributed by atoms with Crippen LogP contribution in [0.2, 0.25) is 0 Å². The van der Waals surface area contributed by atoms with E-state index in [4.69, 9.17) is 20.4 Å². The number of carboxylic acid groups (broad SMARTS) is 3. The lowest BCUT2D eigenvalue weighted by Gasteiger charge is -2.32. The molecule has 0 radical (unpaired) electrons. The highest BCUT2D eigenvalue weighted by atomic mass is 16.4. The highest BCUT2D eigenvalue weighted by Gasteiger charge is 2.41. The molecule has 0 bridgehead atoms. The van der Waals surface area contributed by atoms with Gasteiger partial charge >= 0.3 is 17.9 Å². The second-order valence-electron chi connectivity index (χ2n) is 10.1. The Hall–Kier alpha value is -2.65. The molecule has 1 atom stereocenters. The number of phenols is 1. The molecule has 9 nitrogen and oxygen atoms in total. The standard InChI is InChI=1S/C19H31NO.C6H8O7/c1-15(2)8-10-20-11-9-19(14-20,13-16(3)4)17-6-5-7-18(21)12-17;7-3(8)1-6(13,5(11)12)2-4(9)10/h5-7,12,15-16,21H,8-11,13-14H2,1-4H3;13H,1-2H2,(H,7,8)(H,9,10)(H,11,12). The third-order valence-corrected chi connectivity index (χ3v) is 6.00. The number of hydrogen-bond donors (Lipinski definition) is 5. The van der Waals surface area contributed by atoms with Gasteiger partial charge in [-0.3, -0.25) is 9.59 Å². The molecule has 1 heterocycles. The Balaban J connectivity index is 0.000000385. The lowest BCUT2D eigenvalue weighted by atomic mass is 9.73. The summed E-state index contributed by atoms with van der Waals surface area (Å²) in [5.41, 5.74) is -1.19. The number of likely N-dealkylation sites (tertiary alicyclic amines) is 1. The third kappa shape index (κ3) is 9.30. The van der Waals surface area contributed by atoms with E-state index >= 15 is 0 Å². The number of carbonyl (C=O) groups is 3. The highest BCUT2D eigenvalue weighted by molar-refractivity contribution is 5.88. The molecule has 0 saturated carbocycles. The van der Waals surface area contributed by atoms with E-state index in [1.54, 1.807) is 6.07 Å². The Morgan fingerprint density at radius 3 is 2.06 bits per heavy atom. The van der Waals surface area contributed by atoms with E-state index in [0.717, 1.165) is 12.5 Å². The molecular weight excluding hydrogens is 442 g/mol. The third-order valence-electron chi connectivity index (χ3n) is 6.00. The molecule has 1 aromatic rings. The van der Waals surface area contributed by atoms with Crippen molar-refractivity contribution < 1.29 is 39.9 Å². The van der Waals surface area contributed by atoms with Crippen LogP contribution < -0.4 is 0 Å². The van der Waals surface area contributed by atoms with E-state index in [1.807, 2.05) is 12.1 Å². The Morgan fingerprint density at radius 2 is 1.62 bits per heavy atom. The molecule has 0 amide bonds. The van der Waals surface area contributed by atoms with Crippen LogP contribution in [-0.2, 0) is 19.8 Å². The fourth-order valence-corrected chi connectivity index (χ4v) is 4.44. The molecule has 5 N–H and O–H groups in total. The zero-order valence-corrected chi connectivity index (χ0v) is 20.5. The molecular formula is C25H39NO8. The van der Waals surface area contributed by atoms with Crippen LogP contribution in [0.5, 0.6) is 5.75 Å². The molecule has 1 aromatic carbocycles. The predicted octanol–water partition coefficient (Wildman–Crippen LogP) is 3.18. The van der Waals surface area contributed by atoms with Crippen LogP contribution >= 0.6 is 0 Å². The van der Waals surface area contributed by atoms with E-state index in [0.29, 0.717) is 11.7 Å². The monoisotopic (exact) mass is 481 g/mol. The number of hydrogen-bond acceptors (Lipinski definition) is 6. The van der Waals surface area contributed by atoms with Gasteiger partial charge < -0.3 is 30.4 Å². The second kappa shape index (κ2) is 12.7. The van der Waals surface area contributed by atoms with Crippen molar-refractivity contribution in [1.29, 1.82) is 0 Å². The zero-order valence-electron chi connectivity index (χ0n) is 20.5. The van der Waals surface area contributed by atoms with Gasteiger partial charge in [-0.15, -0.1) is 0 Å². The topological polar surface area (TPSA) is 156 Å². The van der Waals surface area contributed by atoms with Crippen molar-refractivity contribution in [2.24, 2.45) is 11.8 Å². The van der Waals surface area contributed by atoms with Crippen LogP contribution in [0, 0.1) is 11.8 Å². The van der Waals surface area contributed by atoms with Gasteiger partial charge in [0, 0.05) is 12.0 Å². The Labute approximate surface area is 201 Å². The molecule has 1 fully saturated rings. The maximum Gasteiger partial charge on any atom is 0.336 e. The summed E-state index contributed by atoms with van der Waals surface area (Å²) in [5, 5.41) is 43.7. The van der Waals surface area contributed by atoms with Crippen molar-refractivity contribution >= 4 is 17.9 Å². The minimum atomic E-state index is -2.74. The average Bonchev–Trinajstić information content (AvgIpc) is 3.09. The molecule has 1 saturated heterocycles. The number of aliphatic hydroxyl groups is 1. The average molecular weight is 482 g/mol. The highest BCUT2D eigenvalue weighted by Crippen LogP contribution is 2.41. The van der Waals surface area contributed by atoms with Gasteiger partial charge in [-0.05, 0) is 61.9 Å². The first-order valence-corrected chi connectivity index (χ1v) is 11.6. The van der Waals surface area contributed by atoms with Crippen molar-refractivity contribution in [2.75, 3.05) is 19.6 Å². The minimum absolute atomic E-state index is 0.226. The van der Waals surface area contributed by atoms with E-state index < -0.39 is 36.4 Å². The van der Waals surface area contributed by atoms with E-state index in [1.165, 1.54) is 37.9 Å². The second-order valence-corrected chi connectivity index (χ2v) is 10.1. The molecule has 0 aliphatic carbocycles. The van der Waals surface area contributed by atoms with Crippen LogP contribution in [-0.4, -0.2) is 73.6 Å².